The minimum atomic E-state index is 0.193. The number of hydrogen-bond donors (Lipinski definition) is 2. The average molecular weight is 271 g/mol. The van der Waals surface area contributed by atoms with Gasteiger partial charge in [-0.1, -0.05) is 32.6 Å². The van der Waals surface area contributed by atoms with Crippen LogP contribution in [0.5, 0.6) is 0 Å². The van der Waals surface area contributed by atoms with E-state index in [1.54, 1.807) is 7.11 Å². The van der Waals surface area contributed by atoms with Gasteiger partial charge in [0, 0.05) is 25.3 Å². The van der Waals surface area contributed by atoms with Crippen LogP contribution in [0.15, 0.2) is 0 Å². The molecule has 0 aromatic carbocycles. The van der Waals surface area contributed by atoms with Crippen molar-refractivity contribution >= 4 is 0 Å². The van der Waals surface area contributed by atoms with Crippen LogP contribution < -0.4 is 11.3 Å². The lowest BCUT2D eigenvalue weighted by atomic mass is 9.75. The van der Waals surface area contributed by atoms with E-state index in [1.807, 2.05) is 0 Å². The van der Waals surface area contributed by atoms with Crippen molar-refractivity contribution in [2.75, 3.05) is 27.8 Å². The fourth-order valence-electron chi connectivity index (χ4n) is 3.70. The first kappa shape index (κ1) is 16.9. The van der Waals surface area contributed by atoms with E-state index in [0.717, 1.165) is 13.0 Å². The van der Waals surface area contributed by atoms with E-state index in [1.165, 1.54) is 38.5 Å². The molecule has 19 heavy (non-hydrogen) atoms. The highest BCUT2D eigenvalue weighted by atomic mass is 16.5. The fourth-order valence-corrected chi connectivity index (χ4v) is 3.70. The molecule has 0 amide bonds. The molecule has 114 valence electrons. The molecule has 1 aliphatic rings. The van der Waals surface area contributed by atoms with E-state index in [2.05, 4.69) is 31.3 Å². The standard InChI is InChI=1S/C15H33N3O/c1-13(9-12-19-4)14(17-16)15(18(2)3)10-7-5-6-8-11-15/h13-14,17H,5-12,16H2,1-4H3. The third kappa shape index (κ3) is 4.15. The summed E-state index contributed by atoms with van der Waals surface area (Å²) in [5.74, 6) is 6.45. The minimum Gasteiger partial charge on any atom is -0.385 e. The van der Waals surface area contributed by atoms with Gasteiger partial charge in [0.25, 0.3) is 0 Å². The van der Waals surface area contributed by atoms with E-state index in [0.29, 0.717) is 12.0 Å². The van der Waals surface area contributed by atoms with Gasteiger partial charge >= 0.3 is 0 Å². The number of ether oxygens (including phenoxy) is 1. The average Bonchev–Trinajstić information content (AvgIpc) is 2.64. The van der Waals surface area contributed by atoms with Gasteiger partial charge in [-0.2, -0.15) is 0 Å². The Morgan fingerprint density at radius 2 is 1.79 bits per heavy atom. The molecule has 2 unspecified atom stereocenters. The van der Waals surface area contributed by atoms with Crippen LogP contribution in [0.2, 0.25) is 0 Å². The number of hydrazine groups is 1. The molecular weight excluding hydrogens is 238 g/mol. The largest absolute Gasteiger partial charge is 0.385 e. The number of methoxy groups -OCH3 is 1. The summed E-state index contributed by atoms with van der Waals surface area (Å²) in [6.07, 6.45) is 8.89. The zero-order valence-corrected chi connectivity index (χ0v) is 13.2. The quantitative estimate of drug-likeness (QED) is 0.423. The van der Waals surface area contributed by atoms with Gasteiger partial charge in [0.05, 0.1) is 0 Å². The summed E-state index contributed by atoms with van der Waals surface area (Å²) in [5.41, 5.74) is 3.33. The van der Waals surface area contributed by atoms with E-state index in [-0.39, 0.29) is 5.54 Å². The topological polar surface area (TPSA) is 50.5 Å². The highest BCUT2D eigenvalue weighted by molar-refractivity contribution is 5.01. The fraction of sp³-hybridized carbons (Fsp3) is 1.00. The molecule has 3 N–H and O–H groups in total. The Balaban J connectivity index is 2.86. The Kier molecular flexibility index (Phi) is 7.29. The number of rotatable bonds is 7. The maximum absolute atomic E-state index is 5.93. The molecule has 0 aromatic rings. The second-order valence-electron chi connectivity index (χ2n) is 6.32. The van der Waals surface area contributed by atoms with Crippen molar-refractivity contribution in [2.45, 2.75) is 63.5 Å². The summed E-state index contributed by atoms with van der Waals surface area (Å²) in [4.78, 5) is 2.41. The normalized spacial score (nSPS) is 23.1. The Labute approximate surface area is 119 Å². The van der Waals surface area contributed by atoms with Crippen molar-refractivity contribution in [3.8, 4) is 0 Å². The smallest absolute Gasteiger partial charge is 0.0465 e. The van der Waals surface area contributed by atoms with Crippen molar-refractivity contribution in [1.29, 1.82) is 0 Å². The van der Waals surface area contributed by atoms with Gasteiger partial charge < -0.3 is 9.64 Å². The lowest BCUT2D eigenvalue weighted by Gasteiger charge is -2.48. The summed E-state index contributed by atoms with van der Waals surface area (Å²) in [6.45, 7) is 3.10. The second-order valence-corrected chi connectivity index (χ2v) is 6.32. The van der Waals surface area contributed by atoms with Crippen LogP contribution in [0.25, 0.3) is 0 Å². The second kappa shape index (κ2) is 8.20. The lowest BCUT2D eigenvalue weighted by Crippen LogP contribution is -2.63. The molecule has 0 aliphatic heterocycles. The summed E-state index contributed by atoms with van der Waals surface area (Å²) in [6, 6.07) is 0.329. The van der Waals surface area contributed by atoms with Crippen molar-refractivity contribution < 1.29 is 4.74 Å². The van der Waals surface area contributed by atoms with Gasteiger partial charge in [-0.25, -0.2) is 0 Å². The Morgan fingerprint density at radius 3 is 2.21 bits per heavy atom. The van der Waals surface area contributed by atoms with Gasteiger partial charge in [-0.05, 0) is 39.3 Å². The molecular formula is C15H33N3O. The van der Waals surface area contributed by atoms with Crippen molar-refractivity contribution in [2.24, 2.45) is 11.8 Å². The number of nitrogens with zero attached hydrogens (tertiary/aromatic N) is 1. The van der Waals surface area contributed by atoms with Crippen molar-refractivity contribution in [1.82, 2.24) is 10.3 Å². The van der Waals surface area contributed by atoms with Crippen molar-refractivity contribution in [3.05, 3.63) is 0 Å². The van der Waals surface area contributed by atoms with E-state index in [4.69, 9.17) is 10.6 Å². The van der Waals surface area contributed by atoms with Gasteiger partial charge in [0.2, 0.25) is 0 Å². The van der Waals surface area contributed by atoms with Crippen LogP contribution in [-0.4, -0.2) is 44.3 Å². The molecule has 4 heteroatoms. The van der Waals surface area contributed by atoms with Crippen LogP contribution >= 0.6 is 0 Å². The summed E-state index contributed by atoms with van der Waals surface area (Å²) in [7, 11) is 6.18. The number of nitrogens with two attached hydrogens (primary N) is 1. The van der Waals surface area contributed by atoms with Gasteiger partial charge in [0.15, 0.2) is 0 Å². The first-order valence-corrected chi connectivity index (χ1v) is 7.71. The molecule has 1 aliphatic carbocycles. The molecule has 0 saturated heterocycles. The Morgan fingerprint density at radius 1 is 1.21 bits per heavy atom. The predicted molar refractivity (Wildman–Crippen MR) is 80.9 cm³/mol. The van der Waals surface area contributed by atoms with E-state index in [9.17, 15) is 0 Å². The van der Waals surface area contributed by atoms with Crippen LogP contribution in [0, 0.1) is 5.92 Å². The zero-order chi connectivity index (χ0) is 14.3. The van der Waals surface area contributed by atoms with E-state index >= 15 is 0 Å². The molecule has 0 spiro atoms. The monoisotopic (exact) mass is 271 g/mol. The third-order valence-electron chi connectivity index (χ3n) is 4.96. The molecule has 0 heterocycles. The maximum Gasteiger partial charge on any atom is 0.0465 e. The third-order valence-corrected chi connectivity index (χ3v) is 4.96. The van der Waals surface area contributed by atoms with E-state index < -0.39 is 0 Å². The Bertz CT molecular complexity index is 238. The van der Waals surface area contributed by atoms with Crippen LogP contribution in [-0.2, 0) is 4.74 Å². The van der Waals surface area contributed by atoms with Gasteiger partial charge in [-0.3, -0.25) is 11.3 Å². The maximum atomic E-state index is 5.93. The molecule has 1 rings (SSSR count). The minimum absolute atomic E-state index is 0.193. The highest BCUT2D eigenvalue weighted by Gasteiger charge is 2.42. The van der Waals surface area contributed by atoms with Crippen LogP contribution in [0.3, 0.4) is 0 Å². The first-order chi connectivity index (χ1) is 9.08. The SMILES string of the molecule is COCCC(C)C(NN)C1(N(C)C)CCCCCC1. The first-order valence-electron chi connectivity index (χ1n) is 7.71. The number of nitrogens with one attached hydrogen (secondary N) is 1. The highest BCUT2D eigenvalue weighted by Crippen LogP contribution is 2.37. The van der Waals surface area contributed by atoms with Gasteiger partial charge in [-0.15, -0.1) is 0 Å². The Hall–Kier alpha value is -0.160. The zero-order valence-electron chi connectivity index (χ0n) is 13.2. The molecule has 0 aromatic heterocycles. The van der Waals surface area contributed by atoms with Crippen LogP contribution in [0.4, 0.5) is 0 Å². The van der Waals surface area contributed by atoms with Gasteiger partial charge in [0.1, 0.15) is 0 Å². The molecule has 1 fully saturated rings. The van der Waals surface area contributed by atoms with Crippen molar-refractivity contribution in [3.63, 3.8) is 0 Å². The summed E-state index contributed by atoms with van der Waals surface area (Å²) >= 11 is 0. The summed E-state index contributed by atoms with van der Waals surface area (Å²) < 4.78 is 5.23. The van der Waals surface area contributed by atoms with Crippen LogP contribution in [0.1, 0.15) is 51.9 Å². The number of hydrogen-bond acceptors (Lipinski definition) is 4. The molecule has 0 radical (unpaired) electrons. The molecule has 4 nitrogen and oxygen atoms in total. The number of likely N-dealkylation sites (N-methyl/N-ethyl adjacent to an activating group) is 1. The summed E-state index contributed by atoms with van der Waals surface area (Å²) in [5, 5.41) is 0. The lowest BCUT2D eigenvalue weighted by molar-refractivity contribution is 0.0468. The molecule has 0 bridgehead atoms. The molecule has 1 saturated carbocycles. The predicted octanol–water partition coefficient (Wildman–Crippen LogP) is 2.15. The molecule has 2 atom stereocenters.